The van der Waals surface area contributed by atoms with Gasteiger partial charge < -0.3 is 15.4 Å². The van der Waals surface area contributed by atoms with Crippen molar-refractivity contribution in [3.8, 4) is 17.2 Å². The lowest BCUT2D eigenvalue weighted by molar-refractivity contribution is -0.111. The number of nitrogens with one attached hydrogen (secondary N) is 2. The summed E-state index contributed by atoms with van der Waals surface area (Å²) in [5.74, 6) is 0.810. The summed E-state index contributed by atoms with van der Waals surface area (Å²) in [5.41, 5.74) is 1.66. The lowest BCUT2D eigenvalue weighted by Crippen LogP contribution is -2.21. The summed E-state index contributed by atoms with van der Waals surface area (Å²) in [4.78, 5) is 34.5. The summed E-state index contributed by atoms with van der Waals surface area (Å²) in [6, 6.07) is 17.5. The highest BCUT2D eigenvalue weighted by Crippen LogP contribution is 2.25. The van der Waals surface area contributed by atoms with Gasteiger partial charge in [-0.3, -0.25) is 14.2 Å². The minimum absolute atomic E-state index is 0.103. The second-order valence-electron chi connectivity index (χ2n) is 7.68. The van der Waals surface area contributed by atoms with Crippen molar-refractivity contribution in [2.75, 3.05) is 16.5 Å². The van der Waals surface area contributed by atoms with E-state index in [0.29, 0.717) is 34.1 Å². The molecular formula is C27H24ClN5O3. The van der Waals surface area contributed by atoms with Crippen LogP contribution in [0, 0.1) is 0 Å². The maximum Gasteiger partial charge on any atom is 0.299 e. The van der Waals surface area contributed by atoms with Gasteiger partial charge in [0.15, 0.2) is 11.4 Å². The second-order valence-corrected chi connectivity index (χ2v) is 7.94. The molecule has 2 heterocycles. The van der Waals surface area contributed by atoms with Gasteiger partial charge in [-0.2, -0.15) is 4.98 Å². The standard InChI is InChI=1S/C27H24ClN5O3/c1-3-9-20(16-28)31-27-29-17-18-14-23(36-22-12-6-5-7-13-22)26(35)33(25(18)32-27)21-11-8-10-19(15-21)30-24(34)4-2/h4-15,17H,2-3,16H2,1H3,(H,30,34)(H,29,31,32)/b20-9+. The zero-order valence-electron chi connectivity index (χ0n) is 19.6. The van der Waals surface area contributed by atoms with Crippen LogP contribution < -0.4 is 20.9 Å². The SMILES string of the molecule is C=CC(=O)Nc1cccc(-n2c(=O)c(Oc3ccccc3)cc3cnc(N/C(=C/CC)CCl)nc32)c1. The van der Waals surface area contributed by atoms with Gasteiger partial charge in [0.25, 0.3) is 5.56 Å². The van der Waals surface area contributed by atoms with Gasteiger partial charge >= 0.3 is 0 Å². The first-order chi connectivity index (χ1) is 17.5. The van der Waals surface area contributed by atoms with E-state index in [-0.39, 0.29) is 17.5 Å². The smallest absolute Gasteiger partial charge is 0.299 e. The summed E-state index contributed by atoms with van der Waals surface area (Å²) in [6.45, 7) is 5.48. The van der Waals surface area contributed by atoms with E-state index in [1.54, 1.807) is 48.7 Å². The van der Waals surface area contributed by atoms with Crippen LogP contribution in [0.3, 0.4) is 0 Å². The predicted molar refractivity (Wildman–Crippen MR) is 143 cm³/mol. The van der Waals surface area contributed by atoms with Crippen LogP contribution >= 0.6 is 11.6 Å². The normalized spacial score (nSPS) is 11.2. The van der Waals surface area contributed by atoms with Crippen molar-refractivity contribution in [3.05, 3.63) is 102 Å². The van der Waals surface area contributed by atoms with E-state index in [1.807, 2.05) is 31.2 Å². The number of hydrogen-bond donors (Lipinski definition) is 2. The molecule has 182 valence electrons. The van der Waals surface area contributed by atoms with Crippen LogP contribution in [0.1, 0.15) is 13.3 Å². The van der Waals surface area contributed by atoms with Gasteiger partial charge in [0.1, 0.15) is 5.75 Å². The largest absolute Gasteiger partial charge is 0.452 e. The van der Waals surface area contributed by atoms with E-state index in [1.165, 1.54) is 10.6 Å². The number of hydrogen-bond acceptors (Lipinski definition) is 6. The molecule has 0 atom stereocenters. The Kier molecular flexibility index (Phi) is 7.77. The van der Waals surface area contributed by atoms with Crippen molar-refractivity contribution < 1.29 is 9.53 Å². The number of nitrogens with zero attached hydrogens (tertiary/aromatic N) is 3. The van der Waals surface area contributed by atoms with Gasteiger partial charge in [0, 0.05) is 23.0 Å². The van der Waals surface area contributed by atoms with Crippen molar-refractivity contribution in [2.45, 2.75) is 13.3 Å². The van der Waals surface area contributed by atoms with Crippen LogP contribution in [0.2, 0.25) is 0 Å². The molecular weight excluding hydrogens is 478 g/mol. The molecule has 36 heavy (non-hydrogen) atoms. The Morgan fingerprint density at radius 3 is 2.67 bits per heavy atom. The van der Waals surface area contributed by atoms with E-state index in [2.05, 4.69) is 27.2 Å². The Hall–Kier alpha value is -4.43. The molecule has 0 radical (unpaired) electrons. The zero-order chi connectivity index (χ0) is 25.5. The van der Waals surface area contributed by atoms with Crippen LogP contribution in [-0.4, -0.2) is 26.3 Å². The number of fused-ring (bicyclic) bond motifs is 1. The number of carbonyl (C=O) groups is 1. The minimum Gasteiger partial charge on any atom is -0.452 e. The predicted octanol–water partition coefficient (Wildman–Crippen LogP) is 5.64. The molecule has 1 amide bonds. The molecule has 0 aliphatic carbocycles. The molecule has 2 N–H and O–H groups in total. The highest BCUT2D eigenvalue weighted by molar-refractivity contribution is 6.19. The number of pyridine rings is 1. The number of rotatable bonds is 9. The Morgan fingerprint density at radius 2 is 1.94 bits per heavy atom. The summed E-state index contributed by atoms with van der Waals surface area (Å²) >= 11 is 6.04. The van der Waals surface area contributed by atoms with Gasteiger partial charge in [-0.1, -0.05) is 43.8 Å². The number of aromatic nitrogens is 3. The van der Waals surface area contributed by atoms with Gasteiger partial charge in [0.2, 0.25) is 11.9 Å². The Morgan fingerprint density at radius 1 is 1.14 bits per heavy atom. The first-order valence-corrected chi connectivity index (χ1v) is 11.8. The molecule has 0 saturated heterocycles. The van der Waals surface area contributed by atoms with Crippen molar-refractivity contribution in [1.82, 2.24) is 14.5 Å². The topological polar surface area (TPSA) is 98.1 Å². The van der Waals surface area contributed by atoms with Gasteiger partial charge in [-0.05, 0) is 48.9 Å². The molecule has 0 saturated carbocycles. The second kappa shape index (κ2) is 11.3. The highest BCUT2D eigenvalue weighted by atomic mass is 35.5. The number of ether oxygens (including phenoxy) is 1. The van der Waals surface area contributed by atoms with E-state index >= 15 is 0 Å². The maximum atomic E-state index is 13.7. The number of benzene rings is 2. The average Bonchev–Trinajstić information content (AvgIpc) is 2.89. The first-order valence-electron chi connectivity index (χ1n) is 11.2. The minimum atomic E-state index is -0.426. The third-order valence-corrected chi connectivity index (χ3v) is 5.39. The fourth-order valence-corrected chi connectivity index (χ4v) is 3.68. The molecule has 0 fully saturated rings. The van der Waals surface area contributed by atoms with E-state index in [0.717, 1.165) is 12.1 Å². The Labute approximate surface area is 212 Å². The molecule has 2 aromatic carbocycles. The molecule has 9 heteroatoms. The quantitative estimate of drug-likeness (QED) is 0.227. The molecule has 0 spiro atoms. The van der Waals surface area contributed by atoms with Crippen molar-refractivity contribution in [3.63, 3.8) is 0 Å². The van der Waals surface area contributed by atoms with Crippen molar-refractivity contribution in [2.24, 2.45) is 0 Å². The Balaban J connectivity index is 1.90. The summed E-state index contributed by atoms with van der Waals surface area (Å²) in [7, 11) is 0. The van der Waals surface area contributed by atoms with Crippen LogP contribution in [-0.2, 0) is 4.79 Å². The molecule has 0 bridgehead atoms. The van der Waals surface area contributed by atoms with Crippen LogP contribution in [0.25, 0.3) is 16.7 Å². The van der Waals surface area contributed by atoms with Crippen LogP contribution in [0.4, 0.5) is 11.6 Å². The highest BCUT2D eigenvalue weighted by Gasteiger charge is 2.16. The molecule has 4 aromatic rings. The number of halogens is 1. The number of allylic oxidation sites excluding steroid dienone is 2. The first kappa shape index (κ1) is 24.7. The number of amides is 1. The van der Waals surface area contributed by atoms with Crippen molar-refractivity contribution >= 4 is 40.2 Å². The van der Waals surface area contributed by atoms with Gasteiger partial charge in [-0.15, -0.1) is 11.6 Å². The van der Waals surface area contributed by atoms with Gasteiger partial charge in [-0.25, -0.2) is 4.98 Å². The van der Waals surface area contributed by atoms with E-state index < -0.39 is 5.56 Å². The van der Waals surface area contributed by atoms with Crippen LogP contribution in [0.15, 0.2) is 96.1 Å². The molecule has 4 rings (SSSR count). The lowest BCUT2D eigenvalue weighted by Gasteiger charge is -2.15. The van der Waals surface area contributed by atoms with E-state index in [9.17, 15) is 9.59 Å². The number of para-hydroxylation sites is 1. The number of alkyl halides is 1. The average molecular weight is 502 g/mol. The molecule has 0 aliphatic rings. The third-order valence-electron chi connectivity index (χ3n) is 5.10. The maximum absolute atomic E-state index is 13.7. The Bertz CT molecular complexity index is 1500. The lowest BCUT2D eigenvalue weighted by atomic mass is 10.2. The molecule has 0 aliphatic heterocycles. The van der Waals surface area contributed by atoms with Crippen LogP contribution in [0.5, 0.6) is 11.5 Å². The summed E-state index contributed by atoms with van der Waals surface area (Å²) in [6.07, 6.45) is 5.51. The third kappa shape index (κ3) is 5.61. The van der Waals surface area contributed by atoms with Crippen molar-refractivity contribution in [1.29, 1.82) is 0 Å². The fraction of sp³-hybridized carbons (Fsp3) is 0.111. The number of carbonyl (C=O) groups excluding carboxylic acids is 1. The molecule has 2 aromatic heterocycles. The summed E-state index contributed by atoms with van der Waals surface area (Å²) in [5, 5.41) is 6.41. The fourth-order valence-electron chi connectivity index (χ4n) is 3.51. The molecule has 8 nitrogen and oxygen atoms in total. The zero-order valence-corrected chi connectivity index (χ0v) is 20.3. The summed E-state index contributed by atoms with van der Waals surface area (Å²) < 4.78 is 7.35. The van der Waals surface area contributed by atoms with E-state index in [4.69, 9.17) is 16.3 Å². The monoisotopic (exact) mass is 501 g/mol. The number of anilines is 2. The molecule has 0 unspecified atom stereocenters. The van der Waals surface area contributed by atoms with Gasteiger partial charge in [0.05, 0.1) is 11.6 Å².